The first-order valence-corrected chi connectivity index (χ1v) is 6.30. The Morgan fingerprint density at radius 2 is 1.75 bits per heavy atom. The topological polar surface area (TPSA) is 61.6 Å². The Balaban J connectivity index is 1.74. The van der Waals surface area contributed by atoms with Gasteiger partial charge in [0, 0.05) is 6.54 Å². The van der Waals surface area contributed by atoms with Gasteiger partial charge in [-0.3, -0.25) is 4.98 Å². The Morgan fingerprint density at radius 3 is 2.50 bits per heavy atom. The van der Waals surface area contributed by atoms with Crippen LogP contribution >= 0.6 is 0 Å². The van der Waals surface area contributed by atoms with Crippen LogP contribution in [0.3, 0.4) is 0 Å². The van der Waals surface area contributed by atoms with Gasteiger partial charge in [-0.05, 0) is 29.8 Å². The van der Waals surface area contributed by atoms with Gasteiger partial charge in [-0.2, -0.15) is 5.26 Å². The highest BCUT2D eigenvalue weighted by Crippen LogP contribution is 2.12. The van der Waals surface area contributed by atoms with E-state index in [9.17, 15) is 0 Å². The van der Waals surface area contributed by atoms with E-state index in [0.717, 1.165) is 22.4 Å². The van der Waals surface area contributed by atoms with Crippen molar-refractivity contribution in [2.45, 2.75) is 6.54 Å². The minimum atomic E-state index is 0.652. The molecule has 0 spiro atoms. The summed E-state index contributed by atoms with van der Waals surface area (Å²) in [5, 5.41) is 12.0. The smallest absolute Gasteiger partial charge is 0.145 e. The molecule has 0 aliphatic heterocycles. The van der Waals surface area contributed by atoms with Gasteiger partial charge in [-0.1, -0.05) is 24.3 Å². The number of benzene rings is 2. The molecule has 0 unspecified atom stereocenters. The van der Waals surface area contributed by atoms with E-state index in [1.165, 1.54) is 0 Å². The SMILES string of the molecule is N#Cc1ccc(CNc2cnc3ccccc3n2)cc1. The van der Waals surface area contributed by atoms with E-state index < -0.39 is 0 Å². The molecule has 0 aliphatic carbocycles. The summed E-state index contributed by atoms with van der Waals surface area (Å²) < 4.78 is 0. The lowest BCUT2D eigenvalue weighted by Crippen LogP contribution is -2.02. The van der Waals surface area contributed by atoms with Crippen LogP contribution in [0.2, 0.25) is 0 Å². The number of hydrogen-bond donors (Lipinski definition) is 1. The standard InChI is InChI=1S/C16H12N4/c17-9-12-5-7-13(8-6-12)10-19-16-11-18-14-3-1-2-4-15(14)20-16/h1-8,11H,10H2,(H,19,20). The molecule has 0 aliphatic rings. The van der Waals surface area contributed by atoms with Gasteiger partial charge in [-0.25, -0.2) is 4.98 Å². The van der Waals surface area contributed by atoms with E-state index in [4.69, 9.17) is 5.26 Å². The fraction of sp³-hybridized carbons (Fsp3) is 0.0625. The molecule has 0 radical (unpaired) electrons. The Morgan fingerprint density at radius 1 is 1.00 bits per heavy atom. The van der Waals surface area contributed by atoms with Gasteiger partial charge >= 0.3 is 0 Å². The summed E-state index contributed by atoms with van der Waals surface area (Å²) in [6.07, 6.45) is 1.73. The van der Waals surface area contributed by atoms with Crippen LogP contribution in [0.5, 0.6) is 0 Å². The molecule has 3 aromatic rings. The Labute approximate surface area is 116 Å². The highest BCUT2D eigenvalue weighted by molar-refractivity contribution is 5.75. The number of anilines is 1. The van der Waals surface area contributed by atoms with Crippen LogP contribution < -0.4 is 5.32 Å². The lowest BCUT2D eigenvalue weighted by molar-refractivity contribution is 1.11. The molecular weight excluding hydrogens is 248 g/mol. The largest absolute Gasteiger partial charge is 0.365 e. The first kappa shape index (κ1) is 12.1. The molecule has 4 nitrogen and oxygen atoms in total. The quantitative estimate of drug-likeness (QED) is 0.786. The highest BCUT2D eigenvalue weighted by atomic mass is 15.0. The van der Waals surface area contributed by atoms with Crippen molar-refractivity contribution in [2.75, 3.05) is 5.32 Å². The molecule has 0 fully saturated rings. The van der Waals surface area contributed by atoms with Gasteiger partial charge in [0.25, 0.3) is 0 Å². The third kappa shape index (κ3) is 2.57. The molecule has 20 heavy (non-hydrogen) atoms. The highest BCUT2D eigenvalue weighted by Gasteiger charge is 1.99. The number of nitrogens with one attached hydrogen (secondary N) is 1. The zero-order chi connectivity index (χ0) is 13.8. The van der Waals surface area contributed by atoms with Crippen molar-refractivity contribution in [3.05, 3.63) is 65.9 Å². The molecule has 0 amide bonds. The van der Waals surface area contributed by atoms with Crippen molar-refractivity contribution in [1.82, 2.24) is 9.97 Å². The van der Waals surface area contributed by atoms with Crippen molar-refractivity contribution in [3.63, 3.8) is 0 Å². The molecule has 0 saturated carbocycles. The van der Waals surface area contributed by atoms with E-state index >= 15 is 0 Å². The molecule has 96 valence electrons. The molecule has 1 heterocycles. The molecule has 0 bridgehead atoms. The normalized spacial score (nSPS) is 10.2. The van der Waals surface area contributed by atoms with Crippen LogP contribution in [0.4, 0.5) is 5.82 Å². The predicted molar refractivity (Wildman–Crippen MR) is 78.0 cm³/mol. The van der Waals surface area contributed by atoms with Gasteiger partial charge in [0.05, 0.1) is 28.9 Å². The number of rotatable bonds is 3. The zero-order valence-corrected chi connectivity index (χ0v) is 10.7. The second-order valence-electron chi connectivity index (χ2n) is 4.41. The van der Waals surface area contributed by atoms with Gasteiger partial charge < -0.3 is 5.32 Å². The number of nitriles is 1. The van der Waals surface area contributed by atoms with Crippen molar-refractivity contribution >= 4 is 16.9 Å². The van der Waals surface area contributed by atoms with Crippen LogP contribution in [0.25, 0.3) is 11.0 Å². The number of hydrogen-bond acceptors (Lipinski definition) is 4. The van der Waals surface area contributed by atoms with Crippen LogP contribution in [0.1, 0.15) is 11.1 Å². The number of para-hydroxylation sites is 2. The summed E-state index contributed by atoms with van der Waals surface area (Å²) in [4.78, 5) is 8.85. The van der Waals surface area contributed by atoms with Gasteiger partial charge in [0.2, 0.25) is 0 Å². The maximum Gasteiger partial charge on any atom is 0.145 e. The minimum absolute atomic E-state index is 0.652. The molecule has 2 aromatic carbocycles. The summed E-state index contributed by atoms with van der Waals surface area (Å²) in [5.74, 6) is 0.744. The van der Waals surface area contributed by atoms with E-state index in [0.29, 0.717) is 12.1 Å². The predicted octanol–water partition coefficient (Wildman–Crippen LogP) is 3.11. The van der Waals surface area contributed by atoms with Gasteiger partial charge in [-0.15, -0.1) is 0 Å². The van der Waals surface area contributed by atoms with Crippen molar-refractivity contribution in [1.29, 1.82) is 5.26 Å². The fourth-order valence-corrected chi connectivity index (χ4v) is 1.93. The van der Waals surface area contributed by atoms with Crippen molar-refractivity contribution < 1.29 is 0 Å². The lowest BCUT2D eigenvalue weighted by Gasteiger charge is -2.06. The molecule has 1 N–H and O–H groups in total. The van der Waals surface area contributed by atoms with Crippen LogP contribution in [0, 0.1) is 11.3 Å². The summed E-state index contributed by atoms with van der Waals surface area (Å²) in [5.41, 5.74) is 3.52. The molecular formula is C16H12N4. The maximum absolute atomic E-state index is 8.75. The maximum atomic E-state index is 8.75. The Hall–Kier alpha value is -2.93. The average Bonchev–Trinajstić information content (AvgIpc) is 2.53. The van der Waals surface area contributed by atoms with Crippen molar-refractivity contribution in [3.8, 4) is 6.07 Å². The van der Waals surface area contributed by atoms with Crippen LogP contribution in [0.15, 0.2) is 54.7 Å². The second-order valence-corrected chi connectivity index (χ2v) is 4.41. The number of nitrogens with zero attached hydrogens (tertiary/aromatic N) is 3. The summed E-state index contributed by atoms with van der Waals surface area (Å²) >= 11 is 0. The third-order valence-electron chi connectivity index (χ3n) is 3.01. The monoisotopic (exact) mass is 260 g/mol. The first-order chi connectivity index (χ1) is 9.85. The third-order valence-corrected chi connectivity index (χ3v) is 3.01. The summed E-state index contributed by atoms with van der Waals surface area (Å²) in [7, 11) is 0. The molecule has 1 aromatic heterocycles. The Bertz CT molecular complexity index is 772. The molecule has 3 rings (SSSR count). The Kier molecular flexibility index (Phi) is 3.25. The van der Waals surface area contributed by atoms with E-state index in [2.05, 4.69) is 21.4 Å². The van der Waals surface area contributed by atoms with E-state index in [-0.39, 0.29) is 0 Å². The lowest BCUT2D eigenvalue weighted by atomic mass is 10.1. The number of aromatic nitrogens is 2. The zero-order valence-electron chi connectivity index (χ0n) is 10.7. The fourth-order valence-electron chi connectivity index (χ4n) is 1.93. The molecule has 4 heteroatoms. The van der Waals surface area contributed by atoms with Crippen LogP contribution in [-0.2, 0) is 6.54 Å². The molecule has 0 atom stereocenters. The molecule has 0 saturated heterocycles. The van der Waals surface area contributed by atoms with E-state index in [1.54, 1.807) is 6.20 Å². The number of fused-ring (bicyclic) bond motifs is 1. The van der Waals surface area contributed by atoms with Gasteiger partial charge in [0.1, 0.15) is 5.82 Å². The summed E-state index contributed by atoms with van der Waals surface area (Å²) in [6.45, 7) is 0.652. The van der Waals surface area contributed by atoms with Gasteiger partial charge in [0.15, 0.2) is 0 Å². The van der Waals surface area contributed by atoms with Crippen molar-refractivity contribution in [2.24, 2.45) is 0 Å². The van der Waals surface area contributed by atoms with E-state index in [1.807, 2.05) is 48.5 Å². The minimum Gasteiger partial charge on any atom is -0.365 e. The second kappa shape index (κ2) is 5.37. The van der Waals surface area contributed by atoms with Crippen LogP contribution in [-0.4, -0.2) is 9.97 Å². The first-order valence-electron chi connectivity index (χ1n) is 6.30. The average molecular weight is 260 g/mol. The summed E-state index contributed by atoms with van der Waals surface area (Å²) in [6, 6.07) is 17.4.